The smallest absolute Gasteiger partial charge is 0.410 e. The molecule has 2 aliphatic heterocycles. The van der Waals surface area contributed by atoms with Crippen molar-refractivity contribution in [3.63, 3.8) is 0 Å². The summed E-state index contributed by atoms with van der Waals surface area (Å²) in [5.41, 5.74) is 5.83. The summed E-state index contributed by atoms with van der Waals surface area (Å²) in [5.74, 6) is 1.69. The van der Waals surface area contributed by atoms with Gasteiger partial charge in [-0.15, -0.1) is 0 Å². The third kappa shape index (κ3) is 5.38. The van der Waals surface area contributed by atoms with Crippen LogP contribution >= 0.6 is 0 Å². The molecule has 0 bridgehead atoms. The molecule has 3 N–H and O–H groups in total. The van der Waals surface area contributed by atoms with Crippen molar-refractivity contribution >= 4 is 12.0 Å². The molecule has 2 unspecified atom stereocenters. The number of ether oxygens (including phenoxy) is 1. The van der Waals surface area contributed by atoms with Crippen LogP contribution in [0.25, 0.3) is 0 Å². The highest BCUT2D eigenvalue weighted by atomic mass is 16.6. The van der Waals surface area contributed by atoms with E-state index in [9.17, 15) is 9.59 Å². The van der Waals surface area contributed by atoms with Gasteiger partial charge >= 0.3 is 6.09 Å². The molecule has 160 valence electrons. The molecule has 0 spiro atoms. The molecule has 28 heavy (non-hydrogen) atoms. The van der Waals surface area contributed by atoms with Crippen molar-refractivity contribution in [1.29, 1.82) is 0 Å². The van der Waals surface area contributed by atoms with Crippen molar-refractivity contribution in [2.75, 3.05) is 39.3 Å². The van der Waals surface area contributed by atoms with E-state index in [-0.39, 0.29) is 24.0 Å². The summed E-state index contributed by atoms with van der Waals surface area (Å²) in [5, 5.41) is 3.37. The first-order chi connectivity index (χ1) is 13.2. The van der Waals surface area contributed by atoms with Crippen LogP contribution in [0.1, 0.15) is 52.9 Å². The molecule has 3 fully saturated rings. The van der Waals surface area contributed by atoms with Gasteiger partial charge < -0.3 is 25.6 Å². The van der Waals surface area contributed by atoms with E-state index < -0.39 is 5.60 Å². The van der Waals surface area contributed by atoms with Crippen LogP contribution in [0.4, 0.5) is 4.79 Å². The van der Waals surface area contributed by atoms with Crippen LogP contribution in [-0.4, -0.2) is 72.7 Å². The minimum Gasteiger partial charge on any atom is -0.444 e. The summed E-state index contributed by atoms with van der Waals surface area (Å²) in [6.45, 7) is 9.94. The third-order valence-electron chi connectivity index (χ3n) is 6.55. The van der Waals surface area contributed by atoms with E-state index in [1.54, 1.807) is 4.90 Å². The largest absolute Gasteiger partial charge is 0.444 e. The molecule has 2 atom stereocenters. The average molecular weight is 395 g/mol. The van der Waals surface area contributed by atoms with Gasteiger partial charge in [-0.05, 0) is 71.3 Å². The van der Waals surface area contributed by atoms with Crippen molar-refractivity contribution in [3.05, 3.63) is 0 Å². The molecular weight excluding hydrogens is 356 g/mol. The number of carbonyl (C=O) groups is 2. The monoisotopic (exact) mass is 394 g/mol. The van der Waals surface area contributed by atoms with Crippen molar-refractivity contribution in [2.45, 2.75) is 64.5 Å². The van der Waals surface area contributed by atoms with Crippen molar-refractivity contribution < 1.29 is 14.3 Å². The quantitative estimate of drug-likeness (QED) is 0.746. The van der Waals surface area contributed by atoms with Crippen LogP contribution in [0.3, 0.4) is 0 Å². The number of nitrogens with zero attached hydrogens (tertiary/aromatic N) is 2. The van der Waals surface area contributed by atoms with Gasteiger partial charge in [-0.3, -0.25) is 4.79 Å². The Hall–Kier alpha value is -1.34. The summed E-state index contributed by atoms with van der Waals surface area (Å²) in [6.07, 6.45) is 5.08. The number of hydrogen-bond acceptors (Lipinski definition) is 5. The van der Waals surface area contributed by atoms with Gasteiger partial charge in [-0.25, -0.2) is 4.79 Å². The van der Waals surface area contributed by atoms with Crippen molar-refractivity contribution in [1.82, 2.24) is 15.1 Å². The van der Waals surface area contributed by atoms with Gasteiger partial charge in [0.25, 0.3) is 0 Å². The zero-order chi connectivity index (χ0) is 20.3. The molecule has 7 heteroatoms. The molecule has 1 saturated carbocycles. The molecule has 2 saturated heterocycles. The first-order valence-electron chi connectivity index (χ1n) is 11.0. The second-order valence-corrected chi connectivity index (χ2v) is 9.72. The summed E-state index contributed by atoms with van der Waals surface area (Å²) in [6, 6.07) is 0.256. The first kappa shape index (κ1) is 21.4. The highest BCUT2D eigenvalue weighted by molar-refractivity contribution is 5.79. The fraction of sp³-hybridized carbons (Fsp3) is 0.905. The Morgan fingerprint density at radius 3 is 2.14 bits per heavy atom. The highest BCUT2D eigenvalue weighted by Gasteiger charge is 2.36. The van der Waals surface area contributed by atoms with E-state index >= 15 is 0 Å². The summed E-state index contributed by atoms with van der Waals surface area (Å²) >= 11 is 0. The topological polar surface area (TPSA) is 87.9 Å². The lowest BCUT2D eigenvalue weighted by Gasteiger charge is -2.41. The number of rotatable bonds is 2. The maximum Gasteiger partial charge on any atom is 0.410 e. The summed E-state index contributed by atoms with van der Waals surface area (Å²) in [7, 11) is 0. The molecule has 2 amide bonds. The Balaban J connectivity index is 1.43. The van der Waals surface area contributed by atoms with Crippen LogP contribution in [0, 0.1) is 17.8 Å². The molecule has 0 radical (unpaired) electrons. The maximum absolute atomic E-state index is 13.0. The number of carbonyl (C=O) groups excluding carboxylic acids is 2. The number of piperidine rings is 1. The van der Waals surface area contributed by atoms with Gasteiger partial charge in [0.05, 0.1) is 0 Å². The highest BCUT2D eigenvalue weighted by Crippen LogP contribution is 2.37. The van der Waals surface area contributed by atoms with E-state index in [0.717, 1.165) is 45.2 Å². The Kier molecular flexibility index (Phi) is 6.86. The Labute approximate surface area is 169 Å². The Morgan fingerprint density at radius 2 is 1.57 bits per heavy atom. The van der Waals surface area contributed by atoms with Gasteiger partial charge in [0.15, 0.2) is 0 Å². The van der Waals surface area contributed by atoms with E-state index in [1.807, 2.05) is 25.7 Å². The lowest BCUT2D eigenvalue weighted by atomic mass is 9.71. The fourth-order valence-electron chi connectivity index (χ4n) is 4.98. The van der Waals surface area contributed by atoms with Crippen LogP contribution in [-0.2, 0) is 9.53 Å². The molecule has 1 aliphatic carbocycles. The van der Waals surface area contributed by atoms with Crippen LogP contribution in [0.2, 0.25) is 0 Å². The molecule has 3 rings (SSSR count). The minimum absolute atomic E-state index is 0.141. The van der Waals surface area contributed by atoms with Crippen LogP contribution < -0.4 is 11.1 Å². The van der Waals surface area contributed by atoms with E-state index in [4.69, 9.17) is 10.5 Å². The fourth-order valence-corrected chi connectivity index (χ4v) is 4.98. The SMILES string of the molecule is CC(C)(C)OC(=O)N1CCN(C(=O)C2CCC(C3CCNCC3N)CC2)CC1. The van der Waals surface area contributed by atoms with E-state index in [2.05, 4.69) is 5.32 Å². The normalized spacial score (nSPS) is 32.1. The van der Waals surface area contributed by atoms with E-state index in [0.29, 0.717) is 38.0 Å². The molecule has 0 aromatic carbocycles. The second kappa shape index (κ2) is 8.99. The maximum atomic E-state index is 13.0. The molecule has 0 aromatic rings. The number of nitrogens with one attached hydrogen (secondary N) is 1. The average Bonchev–Trinajstić information content (AvgIpc) is 2.67. The van der Waals surface area contributed by atoms with Gasteiger partial charge in [-0.1, -0.05) is 0 Å². The minimum atomic E-state index is -0.487. The lowest BCUT2D eigenvalue weighted by molar-refractivity contribution is -0.138. The second-order valence-electron chi connectivity index (χ2n) is 9.72. The van der Waals surface area contributed by atoms with Crippen molar-refractivity contribution in [2.24, 2.45) is 23.5 Å². The standard InChI is InChI=1S/C21H38N4O3/c1-21(2,3)28-20(27)25-12-10-24(11-13-25)19(26)16-6-4-15(5-7-16)17-8-9-23-14-18(17)22/h15-18,23H,4-14,22H2,1-3H3. The van der Waals surface area contributed by atoms with E-state index in [1.165, 1.54) is 0 Å². The number of amides is 2. The molecule has 7 nitrogen and oxygen atoms in total. The molecule has 0 aromatic heterocycles. The predicted octanol–water partition coefficient (Wildman–Crippen LogP) is 1.81. The summed E-state index contributed by atoms with van der Waals surface area (Å²) in [4.78, 5) is 28.8. The predicted molar refractivity (Wildman–Crippen MR) is 109 cm³/mol. The van der Waals surface area contributed by atoms with Crippen LogP contribution in [0.5, 0.6) is 0 Å². The van der Waals surface area contributed by atoms with Gasteiger partial charge in [0.1, 0.15) is 5.60 Å². The molecule has 2 heterocycles. The zero-order valence-corrected chi connectivity index (χ0v) is 17.8. The van der Waals surface area contributed by atoms with Gasteiger partial charge in [-0.2, -0.15) is 0 Å². The molecular formula is C21H38N4O3. The lowest BCUT2D eigenvalue weighted by Crippen LogP contribution is -2.53. The zero-order valence-electron chi connectivity index (χ0n) is 17.8. The number of hydrogen-bond donors (Lipinski definition) is 2. The number of nitrogens with two attached hydrogens (primary N) is 1. The Bertz CT molecular complexity index is 546. The van der Waals surface area contributed by atoms with Gasteiger partial charge in [0.2, 0.25) is 5.91 Å². The summed E-state index contributed by atoms with van der Waals surface area (Å²) < 4.78 is 5.44. The first-order valence-corrected chi connectivity index (χ1v) is 11.0. The van der Waals surface area contributed by atoms with Crippen LogP contribution in [0.15, 0.2) is 0 Å². The van der Waals surface area contributed by atoms with Crippen molar-refractivity contribution in [3.8, 4) is 0 Å². The Morgan fingerprint density at radius 1 is 0.964 bits per heavy atom. The van der Waals surface area contributed by atoms with Gasteiger partial charge in [0, 0.05) is 44.7 Å². The third-order valence-corrected chi connectivity index (χ3v) is 6.55. The molecule has 3 aliphatic rings. The number of piperazine rings is 1.